The van der Waals surface area contributed by atoms with Gasteiger partial charge in [0.05, 0.1) is 4.90 Å². The Kier molecular flexibility index (Phi) is 5.11. The minimum Gasteiger partial charge on any atom is -0.310 e. The lowest BCUT2D eigenvalue weighted by Gasteiger charge is -2.14. The molecule has 1 aromatic rings. The molecule has 96 valence electrons. The topological polar surface area (TPSA) is 58.2 Å². The molecule has 17 heavy (non-hydrogen) atoms. The maximum Gasteiger partial charge on any atom is 0.240 e. The Balaban J connectivity index is 2.93. The van der Waals surface area contributed by atoms with E-state index in [-0.39, 0.29) is 6.04 Å². The quantitative estimate of drug-likeness (QED) is 0.813. The molecule has 0 aliphatic rings. The monoisotopic (exact) mass is 256 g/mol. The van der Waals surface area contributed by atoms with Gasteiger partial charge in [0.15, 0.2) is 0 Å². The summed E-state index contributed by atoms with van der Waals surface area (Å²) in [5.41, 5.74) is 0.981. The highest BCUT2D eigenvalue weighted by Crippen LogP contribution is 2.17. The van der Waals surface area contributed by atoms with Crippen LogP contribution in [-0.2, 0) is 10.0 Å². The first-order valence-corrected chi connectivity index (χ1v) is 7.26. The predicted octanol–water partition coefficient (Wildman–Crippen LogP) is 1.66. The van der Waals surface area contributed by atoms with Crippen molar-refractivity contribution in [3.8, 4) is 0 Å². The summed E-state index contributed by atoms with van der Waals surface area (Å²) >= 11 is 0. The molecule has 0 saturated carbocycles. The molecular formula is C12H20N2O2S. The van der Waals surface area contributed by atoms with Crippen molar-refractivity contribution >= 4 is 10.0 Å². The van der Waals surface area contributed by atoms with Crippen LogP contribution in [0.3, 0.4) is 0 Å². The highest BCUT2D eigenvalue weighted by molar-refractivity contribution is 7.89. The highest BCUT2D eigenvalue weighted by atomic mass is 32.2. The average molecular weight is 256 g/mol. The fourth-order valence-electron chi connectivity index (χ4n) is 1.55. The van der Waals surface area contributed by atoms with Gasteiger partial charge in [-0.1, -0.05) is 19.1 Å². The van der Waals surface area contributed by atoms with Crippen molar-refractivity contribution in [3.63, 3.8) is 0 Å². The first-order valence-electron chi connectivity index (χ1n) is 5.78. The molecule has 0 fully saturated rings. The molecule has 1 atom stereocenters. The summed E-state index contributed by atoms with van der Waals surface area (Å²) in [6.45, 7) is 5.05. The van der Waals surface area contributed by atoms with Crippen LogP contribution in [0.5, 0.6) is 0 Å². The summed E-state index contributed by atoms with van der Waals surface area (Å²) in [4.78, 5) is 0.308. The van der Waals surface area contributed by atoms with E-state index in [1.165, 1.54) is 7.05 Å². The molecule has 0 aliphatic carbocycles. The smallest absolute Gasteiger partial charge is 0.240 e. The van der Waals surface area contributed by atoms with Gasteiger partial charge in [-0.15, -0.1) is 0 Å². The Bertz CT molecular complexity index is 457. The Morgan fingerprint density at radius 2 is 2.06 bits per heavy atom. The van der Waals surface area contributed by atoms with Crippen molar-refractivity contribution in [1.82, 2.24) is 10.0 Å². The number of rotatable bonds is 6. The molecule has 0 heterocycles. The van der Waals surface area contributed by atoms with Crippen molar-refractivity contribution in [2.24, 2.45) is 0 Å². The van der Waals surface area contributed by atoms with Crippen molar-refractivity contribution in [2.75, 3.05) is 13.6 Å². The van der Waals surface area contributed by atoms with Gasteiger partial charge in [0, 0.05) is 6.04 Å². The second-order valence-corrected chi connectivity index (χ2v) is 5.84. The zero-order valence-electron chi connectivity index (χ0n) is 10.5. The Morgan fingerprint density at radius 1 is 1.35 bits per heavy atom. The maximum atomic E-state index is 11.7. The number of hydrogen-bond acceptors (Lipinski definition) is 3. The van der Waals surface area contributed by atoms with E-state index in [1.807, 2.05) is 13.0 Å². The van der Waals surface area contributed by atoms with Crippen LogP contribution in [0.15, 0.2) is 29.2 Å². The van der Waals surface area contributed by atoms with Crippen LogP contribution in [0.4, 0.5) is 0 Å². The van der Waals surface area contributed by atoms with Gasteiger partial charge in [-0.2, -0.15) is 0 Å². The summed E-state index contributed by atoms with van der Waals surface area (Å²) < 4.78 is 25.6. The lowest BCUT2D eigenvalue weighted by atomic mass is 10.1. The van der Waals surface area contributed by atoms with E-state index in [2.05, 4.69) is 17.0 Å². The lowest BCUT2D eigenvalue weighted by molar-refractivity contribution is 0.568. The van der Waals surface area contributed by atoms with E-state index in [0.29, 0.717) is 4.90 Å². The van der Waals surface area contributed by atoms with E-state index in [4.69, 9.17) is 0 Å². The molecule has 1 unspecified atom stereocenters. The van der Waals surface area contributed by atoms with Gasteiger partial charge in [0.1, 0.15) is 0 Å². The van der Waals surface area contributed by atoms with Gasteiger partial charge in [0.2, 0.25) is 10.0 Å². The Hall–Kier alpha value is -0.910. The average Bonchev–Trinajstić information content (AvgIpc) is 2.36. The SMILES string of the molecule is CCCNC(C)c1cccc(S(=O)(=O)NC)c1. The van der Waals surface area contributed by atoms with Crippen molar-refractivity contribution in [2.45, 2.75) is 31.2 Å². The molecule has 1 aromatic carbocycles. The third kappa shape index (κ3) is 3.80. The molecule has 0 amide bonds. The molecule has 0 aliphatic heterocycles. The summed E-state index contributed by atoms with van der Waals surface area (Å²) in [7, 11) is -1.94. The second kappa shape index (κ2) is 6.14. The van der Waals surface area contributed by atoms with Gasteiger partial charge in [0.25, 0.3) is 0 Å². The van der Waals surface area contributed by atoms with E-state index in [9.17, 15) is 8.42 Å². The lowest BCUT2D eigenvalue weighted by Crippen LogP contribution is -2.21. The van der Waals surface area contributed by atoms with Crippen LogP contribution >= 0.6 is 0 Å². The minimum absolute atomic E-state index is 0.155. The molecule has 0 aromatic heterocycles. The fourth-order valence-corrected chi connectivity index (χ4v) is 2.33. The molecule has 2 N–H and O–H groups in total. The van der Waals surface area contributed by atoms with Crippen LogP contribution in [0.1, 0.15) is 31.9 Å². The Morgan fingerprint density at radius 3 is 2.65 bits per heavy atom. The minimum atomic E-state index is -3.35. The number of sulfonamides is 1. The summed E-state index contributed by atoms with van der Waals surface area (Å²) in [6.07, 6.45) is 1.05. The van der Waals surface area contributed by atoms with Crippen molar-refractivity contribution < 1.29 is 8.42 Å². The first-order chi connectivity index (χ1) is 8.01. The van der Waals surface area contributed by atoms with E-state index < -0.39 is 10.0 Å². The molecule has 1 rings (SSSR count). The molecule has 4 nitrogen and oxygen atoms in total. The largest absolute Gasteiger partial charge is 0.310 e. The van der Waals surface area contributed by atoms with Gasteiger partial charge in [-0.25, -0.2) is 13.1 Å². The summed E-state index contributed by atoms with van der Waals surface area (Å²) in [5.74, 6) is 0. The molecule has 0 spiro atoms. The van der Waals surface area contributed by atoms with Gasteiger partial charge in [-0.3, -0.25) is 0 Å². The second-order valence-electron chi connectivity index (χ2n) is 3.96. The fraction of sp³-hybridized carbons (Fsp3) is 0.500. The predicted molar refractivity (Wildman–Crippen MR) is 69.4 cm³/mol. The Labute approximate surface area is 103 Å². The summed E-state index contributed by atoms with van der Waals surface area (Å²) in [6, 6.07) is 7.16. The summed E-state index contributed by atoms with van der Waals surface area (Å²) in [5, 5.41) is 3.33. The molecule has 0 bridgehead atoms. The zero-order valence-corrected chi connectivity index (χ0v) is 11.3. The van der Waals surface area contributed by atoms with Crippen LogP contribution < -0.4 is 10.0 Å². The highest BCUT2D eigenvalue weighted by Gasteiger charge is 2.13. The third-order valence-electron chi connectivity index (χ3n) is 2.64. The first kappa shape index (κ1) is 14.2. The molecule has 5 heteroatoms. The van der Waals surface area contributed by atoms with Crippen LogP contribution in [-0.4, -0.2) is 22.0 Å². The normalized spacial score (nSPS) is 13.6. The standard InChI is InChI=1S/C12H20N2O2S/c1-4-8-14-10(2)11-6-5-7-12(9-11)17(15,16)13-3/h5-7,9-10,13-14H,4,8H2,1-3H3. The van der Waals surface area contributed by atoms with Crippen LogP contribution in [0, 0.1) is 0 Å². The van der Waals surface area contributed by atoms with E-state index in [1.54, 1.807) is 18.2 Å². The zero-order chi connectivity index (χ0) is 12.9. The number of hydrogen-bond donors (Lipinski definition) is 2. The van der Waals surface area contributed by atoms with Crippen molar-refractivity contribution in [3.05, 3.63) is 29.8 Å². The van der Waals surface area contributed by atoms with Gasteiger partial charge >= 0.3 is 0 Å². The van der Waals surface area contributed by atoms with Crippen LogP contribution in [0.2, 0.25) is 0 Å². The van der Waals surface area contributed by atoms with Crippen molar-refractivity contribution in [1.29, 1.82) is 0 Å². The van der Waals surface area contributed by atoms with Gasteiger partial charge in [-0.05, 0) is 44.6 Å². The number of nitrogens with one attached hydrogen (secondary N) is 2. The maximum absolute atomic E-state index is 11.7. The molecule has 0 saturated heterocycles. The third-order valence-corrected chi connectivity index (χ3v) is 4.05. The molecular weight excluding hydrogens is 236 g/mol. The van der Waals surface area contributed by atoms with Crippen LogP contribution in [0.25, 0.3) is 0 Å². The van der Waals surface area contributed by atoms with E-state index >= 15 is 0 Å². The van der Waals surface area contributed by atoms with Gasteiger partial charge < -0.3 is 5.32 Å². The molecule has 0 radical (unpaired) electrons. The number of benzene rings is 1. The van der Waals surface area contributed by atoms with E-state index in [0.717, 1.165) is 18.5 Å².